The summed E-state index contributed by atoms with van der Waals surface area (Å²) in [6.07, 6.45) is 3.62. The number of allylic oxidation sites excluding steroid dienone is 2. The van der Waals surface area contributed by atoms with Crippen molar-refractivity contribution in [1.29, 1.82) is 0 Å². The van der Waals surface area contributed by atoms with Gasteiger partial charge in [-0.2, -0.15) is 8.42 Å². The second-order valence-corrected chi connectivity index (χ2v) is 7.93. The zero-order valence-electron chi connectivity index (χ0n) is 14.1. The van der Waals surface area contributed by atoms with E-state index in [1.54, 1.807) is 24.3 Å². The molecule has 1 aliphatic rings. The first-order valence-electron chi connectivity index (χ1n) is 8.02. The average Bonchev–Trinajstić information content (AvgIpc) is 3.12. The van der Waals surface area contributed by atoms with Crippen LogP contribution in [0.25, 0.3) is 11.1 Å². The van der Waals surface area contributed by atoms with Crippen molar-refractivity contribution >= 4 is 39.2 Å². The maximum absolute atomic E-state index is 13.4. The van der Waals surface area contributed by atoms with E-state index < -0.39 is 15.8 Å². The van der Waals surface area contributed by atoms with Gasteiger partial charge in [-0.05, 0) is 65.8 Å². The van der Waals surface area contributed by atoms with Gasteiger partial charge in [-0.3, -0.25) is 0 Å². The second-order valence-electron chi connectivity index (χ2n) is 5.89. The third-order valence-corrected chi connectivity index (χ3v) is 5.79. The predicted molar refractivity (Wildman–Crippen MR) is 101 cm³/mol. The summed E-state index contributed by atoms with van der Waals surface area (Å²) in [5.41, 5.74) is 4.06. The van der Waals surface area contributed by atoms with Gasteiger partial charge in [-0.1, -0.05) is 29.8 Å². The summed E-state index contributed by atoms with van der Waals surface area (Å²) in [5.74, 6) is -0.443. The van der Waals surface area contributed by atoms with E-state index in [-0.39, 0.29) is 9.92 Å². The van der Waals surface area contributed by atoms with Crippen molar-refractivity contribution in [3.8, 4) is 0 Å². The summed E-state index contributed by atoms with van der Waals surface area (Å²) in [5, 5.41) is 0.0960. The van der Waals surface area contributed by atoms with Crippen LogP contribution in [0.3, 0.4) is 0 Å². The molecule has 0 bridgehead atoms. The van der Waals surface area contributed by atoms with Crippen LogP contribution in [0, 0.1) is 5.82 Å². The Morgan fingerprint density at radius 1 is 1.08 bits per heavy atom. The Morgan fingerprint density at radius 3 is 2.31 bits per heavy atom. The topological polar surface area (TPSA) is 55.7 Å². The van der Waals surface area contributed by atoms with E-state index in [4.69, 9.17) is 11.6 Å². The predicted octanol–water partition coefficient (Wildman–Crippen LogP) is 4.94. The highest BCUT2D eigenvalue weighted by Gasteiger charge is 2.19. The Bertz CT molecular complexity index is 982. The number of methoxy groups -OCH3 is 1. The van der Waals surface area contributed by atoms with Gasteiger partial charge in [0.05, 0.1) is 17.0 Å². The molecule has 0 radical (unpaired) electrons. The van der Waals surface area contributed by atoms with Crippen molar-refractivity contribution in [2.75, 3.05) is 7.11 Å². The number of rotatable bonds is 5. The van der Waals surface area contributed by atoms with E-state index in [2.05, 4.69) is 9.13 Å². The molecule has 2 aromatic carbocycles. The van der Waals surface area contributed by atoms with Crippen LogP contribution in [0.15, 0.2) is 51.8 Å². The smallest absolute Gasteiger partial charge is 0.285 e. The molecule has 0 N–H and O–H groups in total. The number of hydrogen-bond acceptors (Lipinski definition) is 3. The molecule has 0 saturated heterocycles. The van der Waals surface area contributed by atoms with Crippen LogP contribution in [-0.4, -0.2) is 21.9 Å². The van der Waals surface area contributed by atoms with Gasteiger partial charge in [0.15, 0.2) is 6.40 Å². The summed E-state index contributed by atoms with van der Waals surface area (Å²) in [6.45, 7) is 0. The van der Waals surface area contributed by atoms with Crippen LogP contribution in [0.1, 0.15) is 30.4 Å². The Hall–Kier alpha value is -2.18. The zero-order valence-corrected chi connectivity index (χ0v) is 15.6. The fraction of sp³-hybridized carbons (Fsp3) is 0.211. The van der Waals surface area contributed by atoms with Crippen molar-refractivity contribution < 1.29 is 17.5 Å². The van der Waals surface area contributed by atoms with Crippen LogP contribution in [0.5, 0.6) is 0 Å². The van der Waals surface area contributed by atoms with Crippen molar-refractivity contribution in [1.82, 2.24) is 0 Å². The molecule has 0 fully saturated rings. The highest BCUT2D eigenvalue weighted by Crippen LogP contribution is 2.40. The third-order valence-electron chi connectivity index (χ3n) is 4.27. The molecule has 4 nitrogen and oxygen atoms in total. The summed E-state index contributed by atoms with van der Waals surface area (Å²) < 4.78 is 45.5. The van der Waals surface area contributed by atoms with Gasteiger partial charge in [0, 0.05) is 0 Å². The normalized spacial score (nSPS) is 15.0. The minimum absolute atomic E-state index is 0.0960. The Labute approximate surface area is 157 Å². The number of nitrogens with zero attached hydrogens (tertiary/aromatic N) is 1. The van der Waals surface area contributed by atoms with Crippen LogP contribution in [0.4, 0.5) is 4.39 Å². The van der Waals surface area contributed by atoms with E-state index >= 15 is 0 Å². The average molecular weight is 394 g/mol. The van der Waals surface area contributed by atoms with E-state index in [1.807, 2.05) is 0 Å². The molecule has 26 heavy (non-hydrogen) atoms. The largest absolute Gasteiger partial charge is 0.486 e. The van der Waals surface area contributed by atoms with E-state index in [0.29, 0.717) is 0 Å². The molecule has 0 amide bonds. The number of hydrogen-bond donors (Lipinski definition) is 0. The molecule has 0 saturated carbocycles. The van der Waals surface area contributed by atoms with Gasteiger partial charge in [-0.25, -0.2) is 4.39 Å². The minimum Gasteiger partial charge on any atom is -0.486 e. The second kappa shape index (κ2) is 7.60. The number of sulfonamides is 1. The van der Waals surface area contributed by atoms with E-state index in [9.17, 15) is 12.8 Å². The third kappa shape index (κ3) is 3.81. The summed E-state index contributed by atoms with van der Waals surface area (Å²) in [4.78, 5) is 0.0968. The lowest BCUT2D eigenvalue weighted by Gasteiger charge is -2.10. The Balaban J connectivity index is 1.97. The fourth-order valence-corrected chi connectivity index (χ4v) is 4.03. The molecule has 7 heteroatoms. The first kappa shape index (κ1) is 18.6. The monoisotopic (exact) mass is 393 g/mol. The number of ether oxygens (including phenoxy) is 1. The molecular formula is C19H17ClFNO3S. The number of benzene rings is 2. The van der Waals surface area contributed by atoms with Crippen molar-refractivity contribution in [3.63, 3.8) is 0 Å². The molecule has 2 aromatic rings. The van der Waals surface area contributed by atoms with Crippen molar-refractivity contribution in [2.24, 2.45) is 4.40 Å². The maximum Gasteiger partial charge on any atom is 0.285 e. The molecule has 3 rings (SSSR count). The molecular weight excluding hydrogens is 377 g/mol. The standard InChI is InChI=1S/C19H17ClFNO3S/c1-25-12-22-26(23,24)15-8-5-13(6-9-15)16-3-2-4-17(16)14-7-10-19(21)18(20)11-14/h5-12H,2-4H2,1H3. The minimum atomic E-state index is -3.77. The Kier molecular flexibility index (Phi) is 5.44. The summed E-state index contributed by atoms with van der Waals surface area (Å²) in [7, 11) is -2.44. The summed E-state index contributed by atoms with van der Waals surface area (Å²) >= 11 is 5.91. The molecule has 0 heterocycles. The van der Waals surface area contributed by atoms with E-state index in [0.717, 1.165) is 47.9 Å². The Morgan fingerprint density at radius 2 is 1.69 bits per heavy atom. The maximum atomic E-state index is 13.4. The highest BCUT2D eigenvalue weighted by molar-refractivity contribution is 7.90. The molecule has 1 aliphatic carbocycles. The highest BCUT2D eigenvalue weighted by atomic mass is 35.5. The molecule has 0 spiro atoms. The first-order chi connectivity index (χ1) is 12.4. The van der Waals surface area contributed by atoms with Gasteiger partial charge in [0.2, 0.25) is 0 Å². The van der Waals surface area contributed by atoms with Gasteiger partial charge >= 0.3 is 0 Å². The summed E-state index contributed by atoms with van der Waals surface area (Å²) in [6, 6.07) is 11.3. The van der Waals surface area contributed by atoms with Gasteiger partial charge in [0.25, 0.3) is 10.0 Å². The lowest BCUT2D eigenvalue weighted by atomic mass is 9.97. The molecule has 0 aliphatic heterocycles. The quantitative estimate of drug-likeness (QED) is 0.534. The van der Waals surface area contributed by atoms with E-state index in [1.165, 1.54) is 25.3 Å². The van der Waals surface area contributed by atoms with Crippen molar-refractivity contribution in [2.45, 2.75) is 24.2 Å². The lowest BCUT2D eigenvalue weighted by molar-refractivity contribution is 0.423. The number of halogens is 2. The van der Waals surface area contributed by atoms with Gasteiger partial charge in [-0.15, -0.1) is 4.40 Å². The van der Waals surface area contributed by atoms with Crippen LogP contribution >= 0.6 is 11.6 Å². The fourth-order valence-electron chi connectivity index (χ4n) is 3.05. The van der Waals surface area contributed by atoms with Crippen LogP contribution in [0.2, 0.25) is 5.02 Å². The molecule has 0 unspecified atom stereocenters. The van der Waals surface area contributed by atoms with Crippen LogP contribution < -0.4 is 0 Å². The zero-order chi connectivity index (χ0) is 18.7. The lowest BCUT2D eigenvalue weighted by Crippen LogP contribution is -1.98. The first-order valence-corrected chi connectivity index (χ1v) is 9.83. The molecule has 0 aromatic heterocycles. The van der Waals surface area contributed by atoms with Crippen molar-refractivity contribution in [3.05, 3.63) is 64.4 Å². The van der Waals surface area contributed by atoms with Crippen LogP contribution in [-0.2, 0) is 14.8 Å². The SMILES string of the molecule is COC=NS(=O)(=O)c1ccc(C2=C(c3ccc(F)c(Cl)c3)CCC2)cc1. The molecule has 0 atom stereocenters. The molecule has 136 valence electrons. The van der Waals surface area contributed by atoms with Gasteiger partial charge in [0.1, 0.15) is 5.82 Å². The van der Waals surface area contributed by atoms with Gasteiger partial charge < -0.3 is 4.74 Å².